The molecule has 0 aromatic carbocycles. The van der Waals surface area contributed by atoms with Gasteiger partial charge in [0.1, 0.15) is 0 Å². The zero-order chi connectivity index (χ0) is 11.7. The molecule has 2 aromatic rings. The quantitative estimate of drug-likeness (QED) is 0.713. The Morgan fingerprint density at radius 1 is 1.62 bits per heavy atom. The van der Waals surface area contributed by atoms with E-state index in [4.69, 9.17) is 0 Å². The number of fused-ring (bicyclic) bond motifs is 1. The minimum absolute atomic E-state index is 0.274. The van der Waals surface area contributed by atoms with Crippen LogP contribution in [0.4, 0.5) is 0 Å². The van der Waals surface area contributed by atoms with Crippen LogP contribution in [0.1, 0.15) is 16.1 Å². The van der Waals surface area contributed by atoms with Crippen molar-refractivity contribution in [1.29, 1.82) is 0 Å². The van der Waals surface area contributed by atoms with Gasteiger partial charge in [0.05, 0.1) is 12.5 Å². The lowest BCUT2D eigenvalue weighted by Gasteiger charge is -1.96. The zero-order valence-corrected chi connectivity index (χ0v) is 9.10. The van der Waals surface area contributed by atoms with Gasteiger partial charge in [0.25, 0.3) is 0 Å². The SMILES string of the molecule is C=Cc1cnc2c(c1)c(C(=O)OC)nn2C. The van der Waals surface area contributed by atoms with E-state index in [-0.39, 0.29) is 5.69 Å². The van der Waals surface area contributed by atoms with Gasteiger partial charge in [-0.2, -0.15) is 5.10 Å². The Balaban J connectivity index is 2.74. The minimum atomic E-state index is -0.464. The van der Waals surface area contributed by atoms with E-state index < -0.39 is 5.97 Å². The van der Waals surface area contributed by atoms with Crippen LogP contribution in [0.2, 0.25) is 0 Å². The highest BCUT2D eigenvalue weighted by Gasteiger charge is 2.17. The molecule has 0 saturated carbocycles. The second kappa shape index (κ2) is 3.77. The predicted octanol–water partition coefficient (Wildman–Crippen LogP) is 1.40. The highest BCUT2D eigenvalue weighted by atomic mass is 16.5. The molecule has 0 atom stereocenters. The Labute approximate surface area is 92.4 Å². The smallest absolute Gasteiger partial charge is 0.359 e. The van der Waals surface area contributed by atoms with E-state index in [9.17, 15) is 4.79 Å². The van der Waals surface area contributed by atoms with Gasteiger partial charge in [-0.15, -0.1) is 0 Å². The molecular weight excluding hydrogens is 206 g/mol. The molecular formula is C11H11N3O2. The first-order valence-electron chi connectivity index (χ1n) is 4.71. The van der Waals surface area contributed by atoms with Crippen LogP contribution < -0.4 is 0 Å². The summed E-state index contributed by atoms with van der Waals surface area (Å²) in [5.41, 5.74) is 1.76. The van der Waals surface area contributed by atoms with Crippen LogP contribution in [0, 0.1) is 0 Å². The van der Waals surface area contributed by atoms with Crippen molar-refractivity contribution in [2.45, 2.75) is 0 Å². The van der Waals surface area contributed by atoms with Gasteiger partial charge in [0.2, 0.25) is 0 Å². The van der Waals surface area contributed by atoms with Gasteiger partial charge < -0.3 is 4.74 Å². The van der Waals surface area contributed by atoms with Gasteiger partial charge in [-0.25, -0.2) is 14.5 Å². The minimum Gasteiger partial charge on any atom is -0.464 e. The van der Waals surface area contributed by atoms with Gasteiger partial charge in [-0.3, -0.25) is 0 Å². The van der Waals surface area contributed by atoms with Crippen molar-refractivity contribution < 1.29 is 9.53 Å². The Hall–Kier alpha value is -2.17. The van der Waals surface area contributed by atoms with E-state index in [1.165, 1.54) is 7.11 Å². The van der Waals surface area contributed by atoms with Crippen LogP contribution in [0.3, 0.4) is 0 Å². The molecule has 0 spiro atoms. The first kappa shape index (κ1) is 10.4. The molecule has 5 nitrogen and oxygen atoms in total. The lowest BCUT2D eigenvalue weighted by molar-refractivity contribution is 0.0595. The highest BCUT2D eigenvalue weighted by Crippen LogP contribution is 2.18. The maximum absolute atomic E-state index is 11.5. The Kier molecular flexibility index (Phi) is 2.44. The van der Waals surface area contributed by atoms with E-state index in [0.717, 1.165) is 5.56 Å². The number of carbonyl (C=O) groups is 1. The molecule has 0 aliphatic heterocycles. The van der Waals surface area contributed by atoms with Crippen LogP contribution in [0.25, 0.3) is 17.1 Å². The van der Waals surface area contributed by atoms with Gasteiger partial charge >= 0.3 is 5.97 Å². The molecule has 0 radical (unpaired) electrons. The predicted molar refractivity (Wildman–Crippen MR) is 59.9 cm³/mol. The number of carbonyl (C=O) groups excluding carboxylic acids is 1. The Bertz CT molecular complexity index is 572. The molecule has 2 heterocycles. The maximum atomic E-state index is 11.5. The molecule has 0 unspecified atom stereocenters. The number of rotatable bonds is 2. The number of hydrogen-bond acceptors (Lipinski definition) is 4. The van der Waals surface area contributed by atoms with Crippen molar-refractivity contribution in [2.75, 3.05) is 7.11 Å². The summed E-state index contributed by atoms with van der Waals surface area (Å²) in [5, 5.41) is 4.75. The summed E-state index contributed by atoms with van der Waals surface area (Å²) in [6.45, 7) is 3.66. The fourth-order valence-electron chi connectivity index (χ4n) is 1.52. The van der Waals surface area contributed by atoms with Gasteiger partial charge in [-0.05, 0) is 11.6 Å². The van der Waals surface area contributed by atoms with Crippen LogP contribution >= 0.6 is 0 Å². The largest absolute Gasteiger partial charge is 0.464 e. The van der Waals surface area contributed by atoms with E-state index in [0.29, 0.717) is 11.0 Å². The number of ether oxygens (including phenoxy) is 1. The number of esters is 1. The summed E-state index contributed by atoms with van der Waals surface area (Å²) in [5.74, 6) is -0.464. The molecule has 0 bridgehead atoms. The van der Waals surface area contributed by atoms with E-state index in [2.05, 4.69) is 21.4 Å². The number of hydrogen-bond donors (Lipinski definition) is 0. The van der Waals surface area contributed by atoms with Crippen molar-refractivity contribution in [3.63, 3.8) is 0 Å². The van der Waals surface area contributed by atoms with Crippen LogP contribution in [-0.4, -0.2) is 27.8 Å². The normalized spacial score (nSPS) is 10.4. The maximum Gasteiger partial charge on any atom is 0.359 e. The summed E-state index contributed by atoms with van der Waals surface area (Å²) < 4.78 is 6.21. The van der Waals surface area contributed by atoms with Crippen molar-refractivity contribution >= 4 is 23.1 Å². The summed E-state index contributed by atoms with van der Waals surface area (Å²) in [4.78, 5) is 15.7. The van der Waals surface area contributed by atoms with Gasteiger partial charge in [-0.1, -0.05) is 12.7 Å². The molecule has 0 saturated heterocycles. The standard InChI is InChI=1S/C11H11N3O2/c1-4-7-5-8-9(11(15)16-3)13-14(2)10(8)12-6-7/h4-6H,1H2,2-3H3. The van der Waals surface area contributed by atoms with Crippen molar-refractivity contribution in [2.24, 2.45) is 7.05 Å². The third-order valence-electron chi connectivity index (χ3n) is 2.31. The Morgan fingerprint density at radius 3 is 3.00 bits per heavy atom. The Morgan fingerprint density at radius 2 is 2.38 bits per heavy atom. The third-order valence-corrected chi connectivity index (χ3v) is 2.31. The number of methoxy groups -OCH3 is 1. The molecule has 0 aliphatic carbocycles. The van der Waals surface area contributed by atoms with E-state index >= 15 is 0 Å². The van der Waals surface area contributed by atoms with Crippen molar-refractivity contribution in [1.82, 2.24) is 14.8 Å². The molecule has 0 N–H and O–H groups in total. The first-order chi connectivity index (χ1) is 7.67. The fraction of sp³-hybridized carbons (Fsp3) is 0.182. The van der Waals surface area contributed by atoms with Gasteiger partial charge in [0, 0.05) is 13.2 Å². The highest BCUT2D eigenvalue weighted by molar-refractivity contribution is 6.01. The molecule has 16 heavy (non-hydrogen) atoms. The van der Waals surface area contributed by atoms with Crippen LogP contribution in [0.15, 0.2) is 18.8 Å². The van der Waals surface area contributed by atoms with Crippen molar-refractivity contribution in [3.8, 4) is 0 Å². The molecule has 2 aromatic heterocycles. The molecule has 2 rings (SSSR count). The summed E-state index contributed by atoms with van der Waals surface area (Å²) in [6, 6.07) is 1.81. The van der Waals surface area contributed by atoms with E-state index in [1.54, 1.807) is 24.0 Å². The lowest BCUT2D eigenvalue weighted by atomic mass is 10.2. The fourth-order valence-corrected chi connectivity index (χ4v) is 1.52. The summed E-state index contributed by atoms with van der Waals surface area (Å²) in [6.07, 6.45) is 3.35. The summed E-state index contributed by atoms with van der Waals surface area (Å²) >= 11 is 0. The number of pyridine rings is 1. The second-order valence-corrected chi connectivity index (χ2v) is 3.31. The number of aromatic nitrogens is 3. The topological polar surface area (TPSA) is 57.0 Å². The molecule has 0 fully saturated rings. The molecule has 82 valence electrons. The molecule has 0 amide bonds. The first-order valence-corrected chi connectivity index (χ1v) is 4.71. The van der Waals surface area contributed by atoms with Crippen LogP contribution in [-0.2, 0) is 11.8 Å². The van der Waals surface area contributed by atoms with Crippen LogP contribution in [0.5, 0.6) is 0 Å². The third kappa shape index (κ3) is 1.46. The van der Waals surface area contributed by atoms with Crippen molar-refractivity contribution in [3.05, 3.63) is 30.1 Å². The average molecular weight is 217 g/mol. The number of nitrogens with zero attached hydrogens (tertiary/aromatic N) is 3. The zero-order valence-electron chi connectivity index (χ0n) is 9.10. The average Bonchev–Trinajstić information content (AvgIpc) is 2.65. The molecule has 0 aliphatic rings. The van der Waals surface area contributed by atoms with E-state index in [1.807, 2.05) is 6.07 Å². The molecule has 5 heteroatoms. The second-order valence-electron chi connectivity index (χ2n) is 3.31. The summed E-state index contributed by atoms with van der Waals surface area (Å²) in [7, 11) is 3.06. The lowest BCUT2D eigenvalue weighted by Crippen LogP contribution is -2.03. The van der Waals surface area contributed by atoms with Gasteiger partial charge in [0.15, 0.2) is 11.3 Å². The number of aryl methyl sites for hydroxylation is 1. The monoisotopic (exact) mass is 217 g/mol.